The minimum absolute atomic E-state index is 0.147. The standard InChI is InChI=1S/C15H26N4O/c1-6-7-16-13-12(3)14(18-10-17-13)19-8-11(2)20-15(4,5)9-19/h10-11H,6-9H2,1-5H3,(H,16,17,18). The molecule has 0 amide bonds. The third-order valence-electron chi connectivity index (χ3n) is 3.47. The number of aromatic nitrogens is 2. The molecule has 2 heterocycles. The maximum Gasteiger partial charge on any atom is 0.137 e. The molecule has 1 saturated heterocycles. The molecule has 1 N–H and O–H groups in total. The average Bonchev–Trinajstić information content (AvgIpc) is 2.35. The lowest BCUT2D eigenvalue weighted by atomic mass is 10.1. The predicted octanol–water partition coefficient (Wildman–Crippen LogP) is 2.61. The maximum atomic E-state index is 5.96. The zero-order valence-electron chi connectivity index (χ0n) is 13.2. The van der Waals surface area contributed by atoms with Gasteiger partial charge in [-0.3, -0.25) is 0 Å². The molecule has 1 aliphatic rings. The third-order valence-corrected chi connectivity index (χ3v) is 3.47. The van der Waals surface area contributed by atoms with E-state index >= 15 is 0 Å². The van der Waals surface area contributed by atoms with Gasteiger partial charge >= 0.3 is 0 Å². The van der Waals surface area contributed by atoms with Crippen LogP contribution in [0.2, 0.25) is 0 Å². The predicted molar refractivity (Wildman–Crippen MR) is 82.4 cm³/mol. The van der Waals surface area contributed by atoms with Crippen molar-refractivity contribution >= 4 is 11.6 Å². The molecule has 2 rings (SSSR count). The van der Waals surface area contributed by atoms with Crippen molar-refractivity contribution in [3.05, 3.63) is 11.9 Å². The maximum absolute atomic E-state index is 5.96. The number of rotatable bonds is 4. The number of ether oxygens (including phenoxy) is 1. The van der Waals surface area contributed by atoms with Crippen LogP contribution in [0.4, 0.5) is 11.6 Å². The van der Waals surface area contributed by atoms with Crippen LogP contribution >= 0.6 is 0 Å². The van der Waals surface area contributed by atoms with Gasteiger partial charge in [0.25, 0.3) is 0 Å². The van der Waals surface area contributed by atoms with E-state index in [1.54, 1.807) is 6.33 Å². The van der Waals surface area contributed by atoms with E-state index in [9.17, 15) is 0 Å². The van der Waals surface area contributed by atoms with E-state index in [2.05, 4.69) is 54.8 Å². The van der Waals surface area contributed by atoms with E-state index in [0.717, 1.165) is 43.3 Å². The molecule has 5 heteroatoms. The van der Waals surface area contributed by atoms with Gasteiger partial charge in [0.1, 0.15) is 18.0 Å². The van der Waals surface area contributed by atoms with E-state index in [1.165, 1.54) is 0 Å². The molecule has 0 saturated carbocycles. The highest BCUT2D eigenvalue weighted by atomic mass is 16.5. The molecule has 5 nitrogen and oxygen atoms in total. The molecule has 1 aliphatic heterocycles. The molecule has 1 aromatic heterocycles. The second-order valence-corrected chi connectivity index (χ2v) is 6.17. The van der Waals surface area contributed by atoms with Crippen molar-refractivity contribution < 1.29 is 4.74 Å². The zero-order chi connectivity index (χ0) is 14.8. The molecule has 0 aromatic carbocycles. The van der Waals surface area contributed by atoms with Crippen LogP contribution in [0.25, 0.3) is 0 Å². The summed E-state index contributed by atoms with van der Waals surface area (Å²) in [6.07, 6.45) is 2.94. The van der Waals surface area contributed by atoms with Gasteiger partial charge in [-0.1, -0.05) is 6.92 Å². The Labute approximate surface area is 121 Å². The van der Waals surface area contributed by atoms with Crippen molar-refractivity contribution in [3.8, 4) is 0 Å². The van der Waals surface area contributed by atoms with Crippen LogP contribution < -0.4 is 10.2 Å². The molecule has 1 aromatic rings. The summed E-state index contributed by atoms with van der Waals surface area (Å²) in [5.74, 6) is 1.95. The fourth-order valence-corrected chi connectivity index (χ4v) is 2.80. The molecule has 0 bridgehead atoms. The lowest BCUT2D eigenvalue weighted by Crippen LogP contribution is -2.52. The van der Waals surface area contributed by atoms with Gasteiger partial charge in [-0.25, -0.2) is 9.97 Å². The number of hydrogen-bond acceptors (Lipinski definition) is 5. The minimum Gasteiger partial charge on any atom is -0.370 e. The molecular weight excluding hydrogens is 252 g/mol. The van der Waals surface area contributed by atoms with Crippen LogP contribution in [0, 0.1) is 6.92 Å². The molecule has 20 heavy (non-hydrogen) atoms. The first-order chi connectivity index (χ1) is 9.43. The van der Waals surface area contributed by atoms with E-state index in [0.29, 0.717) is 0 Å². The van der Waals surface area contributed by atoms with Gasteiger partial charge in [0.05, 0.1) is 11.7 Å². The van der Waals surface area contributed by atoms with Gasteiger partial charge in [-0.15, -0.1) is 0 Å². The normalized spacial score (nSPS) is 21.9. The summed E-state index contributed by atoms with van der Waals surface area (Å²) in [4.78, 5) is 11.1. The van der Waals surface area contributed by atoms with E-state index < -0.39 is 0 Å². The lowest BCUT2D eigenvalue weighted by molar-refractivity contribution is -0.0752. The Bertz CT molecular complexity index is 461. The summed E-state index contributed by atoms with van der Waals surface area (Å²) >= 11 is 0. The Kier molecular flexibility index (Phi) is 4.48. The van der Waals surface area contributed by atoms with Crippen molar-refractivity contribution in [2.24, 2.45) is 0 Å². The Morgan fingerprint density at radius 2 is 2.20 bits per heavy atom. The number of nitrogens with one attached hydrogen (secondary N) is 1. The van der Waals surface area contributed by atoms with Gasteiger partial charge < -0.3 is 15.0 Å². The summed E-state index contributed by atoms with van der Waals surface area (Å²) in [5.41, 5.74) is 0.970. The molecule has 1 atom stereocenters. The summed E-state index contributed by atoms with van der Waals surface area (Å²) < 4.78 is 5.96. The average molecular weight is 278 g/mol. The van der Waals surface area contributed by atoms with Crippen molar-refractivity contribution in [1.82, 2.24) is 9.97 Å². The Hall–Kier alpha value is -1.36. The summed E-state index contributed by atoms with van der Waals surface area (Å²) in [5, 5.41) is 3.37. The van der Waals surface area contributed by atoms with Gasteiger partial charge in [-0.05, 0) is 34.1 Å². The topological polar surface area (TPSA) is 50.3 Å². The van der Waals surface area contributed by atoms with Crippen molar-refractivity contribution in [1.29, 1.82) is 0 Å². The zero-order valence-corrected chi connectivity index (χ0v) is 13.2. The quantitative estimate of drug-likeness (QED) is 0.917. The van der Waals surface area contributed by atoms with Gasteiger partial charge in [0.2, 0.25) is 0 Å². The molecule has 112 valence electrons. The van der Waals surface area contributed by atoms with E-state index in [-0.39, 0.29) is 11.7 Å². The van der Waals surface area contributed by atoms with Crippen molar-refractivity contribution in [2.75, 3.05) is 29.9 Å². The monoisotopic (exact) mass is 278 g/mol. The Morgan fingerprint density at radius 3 is 2.85 bits per heavy atom. The third kappa shape index (κ3) is 3.39. The number of nitrogens with zero attached hydrogens (tertiary/aromatic N) is 3. The highest BCUT2D eigenvalue weighted by Gasteiger charge is 2.32. The second-order valence-electron chi connectivity index (χ2n) is 6.17. The van der Waals surface area contributed by atoms with Gasteiger partial charge in [-0.2, -0.15) is 0 Å². The second kappa shape index (κ2) is 5.95. The van der Waals surface area contributed by atoms with Crippen LogP contribution in [0.3, 0.4) is 0 Å². The first-order valence-corrected chi connectivity index (χ1v) is 7.41. The largest absolute Gasteiger partial charge is 0.370 e. The van der Waals surface area contributed by atoms with Crippen LogP contribution in [0.15, 0.2) is 6.33 Å². The highest BCUT2D eigenvalue weighted by molar-refractivity contribution is 5.58. The van der Waals surface area contributed by atoms with Gasteiger partial charge in [0, 0.05) is 25.2 Å². The smallest absolute Gasteiger partial charge is 0.137 e. The molecule has 1 unspecified atom stereocenters. The lowest BCUT2D eigenvalue weighted by Gasteiger charge is -2.42. The molecule has 0 aliphatic carbocycles. The molecular formula is C15H26N4O. The molecule has 0 radical (unpaired) electrons. The fourth-order valence-electron chi connectivity index (χ4n) is 2.80. The van der Waals surface area contributed by atoms with Crippen LogP contribution in [-0.4, -0.2) is 41.3 Å². The summed E-state index contributed by atoms with van der Waals surface area (Å²) in [6, 6.07) is 0. The fraction of sp³-hybridized carbons (Fsp3) is 0.733. The van der Waals surface area contributed by atoms with Gasteiger partial charge in [0.15, 0.2) is 0 Å². The number of hydrogen-bond donors (Lipinski definition) is 1. The molecule has 1 fully saturated rings. The van der Waals surface area contributed by atoms with Crippen molar-refractivity contribution in [2.45, 2.75) is 52.7 Å². The molecule has 0 spiro atoms. The van der Waals surface area contributed by atoms with Crippen LogP contribution in [0.1, 0.15) is 39.7 Å². The summed E-state index contributed by atoms with van der Waals surface area (Å²) in [7, 11) is 0. The SMILES string of the molecule is CCCNc1ncnc(N2CC(C)OC(C)(C)C2)c1C. The van der Waals surface area contributed by atoms with Crippen molar-refractivity contribution in [3.63, 3.8) is 0 Å². The van der Waals surface area contributed by atoms with E-state index in [4.69, 9.17) is 4.74 Å². The summed E-state index contributed by atoms with van der Waals surface area (Å²) in [6.45, 7) is 13.3. The Balaban J connectivity index is 2.23. The number of anilines is 2. The van der Waals surface area contributed by atoms with E-state index in [1.807, 2.05) is 0 Å². The highest BCUT2D eigenvalue weighted by Crippen LogP contribution is 2.28. The van der Waals surface area contributed by atoms with Crippen LogP contribution in [0.5, 0.6) is 0 Å². The first-order valence-electron chi connectivity index (χ1n) is 7.41. The Morgan fingerprint density at radius 1 is 1.45 bits per heavy atom. The first kappa shape index (κ1) is 15.0. The van der Waals surface area contributed by atoms with Crippen LogP contribution in [-0.2, 0) is 4.74 Å². The number of morpholine rings is 1. The minimum atomic E-state index is -0.147.